The van der Waals surface area contributed by atoms with Gasteiger partial charge in [-0.25, -0.2) is 0 Å². The van der Waals surface area contributed by atoms with Crippen LogP contribution in [0.3, 0.4) is 0 Å². The normalized spacial score (nSPS) is 20.7. The van der Waals surface area contributed by atoms with E-state index in [0.29, 0.717) is 11.5 Å². The summed E-state index contributed by atoms with van der Waals surface area (Å²) in [6.45, 7) is 5.48. The predicted octanol–water partition coefficient (Wildman–Crippen LogP) is 2.46. The number of hydrogen-bond acceptors (Lipinski definition) is 2. The maximum atomic E-state index is 8.63. The molecule has 0 radical (unpaired) electrons. The van der Waals surface area contributed by atoms with E-state index in [9.17, 15) is 0 Å². The number of hydrogen-bond donors (Lipinski definition) is 1. The molecule has 1 aliphatic carbocycles. The zero-order valence-corrected chi connectivity index (χ0v) is 8.77. The van der Waals surface area contributed by atoms with Crippen molar-refractivity contribution in [1.82, 2.24) is 5.32 Å². The second-order valence-electron chi connectivity index (χ2n) is 4.41. The molecule has 0 bridgehead atoms. The summed E-state index contributed by atoms with van der Waals surface area (Å²) in [5.74, 6) is 0. The summed E-state index contributed by atoms with van der Waals surface area (Å²) in [6, 6.07) is 2.90. The Morgan fingerprint density at radius 2 is 2.23 bits per heavy atom. The molecule has 0 spiro atoms. The first-order valence-electron chi connectivity index (χ1n) is 5.33. The van der Waals surface area contributed by atoms with Gasteiger partial charge in [-0.1, -0.05) is 13.3 Å². The number of nitrogens with one attached hydrogen (secondary N) is 1. The molecular formula is C11H20N2. The molecule has 0 aromatic heterocycles. The van der Waals surface area contributed by atoms with E-state index in [4.69, 9.17) is 5.26 Å². The van der Waals surface area contributed by atoms with Gasteiger partial charge >= 0.3 is 0 Å². The van der Waals surface area contributed by atoms with Crippen molar-refractivity contribution in [1.29, 1.82) is 5.26 Å². The van der Waals surface area contributed by atoms with Crippen molar-refractivity contribution in [2.45, 2.75) is 52.0 Å². The standard InChI is InChI=1S/C11H20N2/c1-3-4-10(2)13-9-11(5-6-11)7-8-12/h10,13H,3-7,9H2,1-2H3. The van der Waals surface area contributed by atoms with E-state index in [1.165, 1.54) is 25.7 Å². The Hall–Kier alpha value is -0.550. The van der Waals surface area contributed by atoms with Crippen molar-refractivity contribution in [2.75, 3.05) is 6.54 Å². The van der Waals surface area contributed by atoms with Gasteiger partial charge in [0.25, 0.3) is 0 Å². The molecule has 0 saturated heterocycles. The lowest BCUT2D eigenvalue weighted by Gasteiger charge is -2.17. The van der Waals surface area contributed by atoms with Gasteiger partial charge in [0.2, 0.25) is 0 Å². The van der Waals surface area contributed by atoms with Gasteiger partial charge in [-0.2, -0.15) is 5.26 Å². The summed E-state index contributed by atoms with van der Waals surface area (Å²) < 4.78 is 0. The minimum Gasteiger partial charge on any atom is -0.314 e. The average molecular weight is 180 g/mol. The molecule has 1 aliphatic rings. The van der Waals surface area contributed by atoms with Crippen molar-refractivity contribution in [2.24, 2.45) is 5.41 Å². The van der Waals surface area contributed by atoms with E-state index in [0.717, 1.165) is 13.0 Å². The van der Waals surface area contributed by atoms with Crippen LogP contribution in [-0.4, -0.2) is 12.6 Å². The first-order valence-corrected chi connectivity index (χ1v) is 5.33. The third-order valence-corrected chi connectivity index (χ3v) is 2.96. The maximum absolute atomic E-state index is 8.63. The lowest BCUT2D eigenvalue weighted by molar-refractivity contribution is 0.413. The molecule has 1 fully saturated rings. The smallest absolute Gasteiger partial charge is 0.0628 e. The minimum absolute atomic E-state index is 0.358. The monoisotopic (exact) mass is 180 g/mol. The first kappa shape index (κ1) is 10.5. The van der Waals surface area contributed by atoms with E-state index >= 15 is 0 Å². The molecule has 0 heterocycles. The quantitative estimate of drug-likeness (QED) is 0.681. The van der Waals surface area contributed by atoms with Gasteiger partial charge in [-0.3, -0.25) is 0 Å². The molecular weight excluding hydrogens is 160 g/mol. The van der Waals surface area contributed by atoms with Crippen molar-refractivity contribution in [3.63, 3.8) is 0 Å². The van der Waals surface area contributed by atoms with Crippen LogP contribution in [0.1, 0.15) is 46.0 Å². The Kier molecular flexibility index (Phi) is 3.74. The molecule has 13 heavy (non-hydrogen) atoms. The van der Waals surface area contributed by atoms with Crippen molar-refractivity contribution in [3.05, 3.63) is 0 Å². The number of nitriles is 1. The highest BCUT2D eigenvalue weighted by atomic mass is 14.9. The highest BCUT2D eigenvalue weighted by molar-refractivity contribution is 5.00. The fraction of sp³-hybridized carbons (Fsp3) is 0.909. The summed E-state index contributed by atoms with van der Waals surface area (Å²) in [4.78, 5) is 0. The van der Waals surface area contributed by atoms with Gasteiger partial charge in [0, 0.05) is 19.0 Å². The van der Waals surface area contributed by atoms with Crippen molar-refractivity contribution in [3.8, 4) is 6.07 Å². The van der Waals surface area contributed by atoms with Crippen LogP contribution in [0.15, 0.2) is 0 Å². The molecule has 0 aromatic rings. The van der Waals surface area contributed by atoms with Crippen molar-refractivity contribution >= 4 is 0 Å². The largest absolute Gasteiger partial charge is 0.314 e. The van der Waals surface area contributed by atoms with Gasteiger partial charge in [0.1, 0.15) is 0 Å². The minimum atomic E-state index is 0.358. The lowest BCUT2D eigenvalue weighted by Crippen LogP contribution is -2.31. The highest BCUT2D eigenvalue weighted by Crippen LogP contribution is 2.47. The summed E-state index contributed by atoms with van der Waals surface area (Å²) in [5, 5.41) is 12.2. The summed E-state index contributed by atoms with van der Waals surface area (Å²) in [6.07, 6.45) is 5.69. The Balaban J connectivity index is 2.15. The Morgan fingerprint density at radius 3 is 2.69 bits per heavy atom. The molecule has 74 valence electrons. The van der Waals surface area contributed by atoms with Crippen LogP contribution in [0.5, 0.6) is 0 Å². The third-order valence-electron chi connectivity index (χ3n) is 2.96. The van der Waals surface area contributed by atoms with Crippen LogP contribution in [-0.2, 0) is 0 Å². The molecule has 0 amide bonds. The molecule has 0 aliphatic heterocycles. The molecule has 1 unspecified atom stereocenters. The lowest BCUT2D eigenvalue weighted by atomic mass is 10.0. The molecule has 1 N–H and O–H groups in total. The molecule has 2 heteroatoms. The van der Waals surface area contributed by atoms with E-state index in [1.807, 2.05) is 0 Å². The maximum Gasteiger partial charge on any atom is 0.0628 e. The molecule has 1 rings (SSSR count). The average Bonchev–Trinajstić information content (AvgIpc) is 2.84. The van der Waals surface area contributed by atoms with Crippen LogP contribution in [0.4, 0.5) is 0 Å². The summed E-state index contributed by atoms with van der Waals surface area (Å²) >= 11 is 0. The SMILES string of the molecule is CCCC(C)NCC1(CC#N)CC1. The molecule has 0 aromatic carbocycles. The van der Waals surface area contributed by atoms with Gasteiger partial charge < -0.3 is 5.32 Å². The van der Waals surface area contributed by atoms with Gasteiger partial charge in [-0.15, -0.1) is 0 Å². The Labute approximate surface area is 81.3 Å². The summed E-state index contributed by atoms with van der Waals surface area (Å²) in [7, 11) is 0. The fourth-order valence-corrected chi connectivity index (χ4v) is 1.69. The molecule has 1 atom stereocenters. The Bertz CT molecular complexity index is 189. The molecule has 1 saturated carbocycles. The Morgan fingerprint density at radius 1 is 1.54 bits per heavy atom. The zero-order valence-electron chi connectivity index (χ0n) is 8.77. The number of nitrogens with zero attached hydrogens (tertiary/aromatic N) is 1. The topological polar surface area (TPSA) is 35.8 Å². The van der Waals surface area contributed by atoms with Gasteiger partial charge in [-0.05, 0) is 31.6 Å². The van der Waals surface area contributed by atoms with Gasteiger partial charge in [0.15, 0.2) is 0 Å². The van der Waals surface area contributed by atoms with Crippen LogP contribution >= 0.6 is 0 Å². The third kappa shape index (κ3) is 3.36. The highest BCUT2D eigenvalue weighted by Gasteiger charge is 2.41. The predicted molar refractivity (Wildman–Crippen MR) is 54.3 cm³/mol. The van der Waals surface area contributed by atoms with Crippen molar-refractivity contribution < 1.29 is 0 Å². The van der Waals surface area contributed by atoms with Gasteiger partial charge in [0.05, 0.1) is 6.07 Å². The zero-order chi connectivity index (χ0) is 9.73. The van der Waals surface area contributed by atoms with Crippen LogP contribution in [0, 0.1) is 16.7 Å². The first-order chi connectivity index (χ1) is 6.22. The van der Waals surface area contributed by atoms with Crippen LogP contribution in [0.2, 0.25) is 0 Å². The second-order valence-corrected chi connectivity index (χ2v) is 4.41. The summed E-state index contributed by atoms with van der Waals surface area (Å²) in [5.41, 5.74) is 0.358. The fourth-order valence-electron chi connectivity index (χ4n) is 1.69. The van der Waals surface area contributed by atoms with Crippen LogP contribution < -0.4 is 5.32 Å². The van der Waals surface area contributed by atoms with E-state index in [1.54, 1.807) is 0 Å². The second kappa shape index (κ2) is 4.62. The molecule has 2 nitrogen and oxygen atoms in total. The van der Waals surface area contributed by atoms with E-state index in [-0.39, 0.29) is 0 Å². The number of rotatable bonds is 6. The van der Waals surface area contributed by atoms with E-state index < -0.39 is 0 Å². The van der Waals surface area contributed by atoms with Crippen LogP contribution in [0.25, 0.3) is 0 Å². The van der Waals surface area contributed by atoms with E-state index in [2.05, 4.69) is 25.2 Å².